The maximum absolute atomic E-state index is 13.3. The van der Waals surface area contributed by atoms with Gasteiger partial charge in [0.25, 0.3) is 17.0 Å². The van der Waals surface area contributed by atoms with E-state index < -0.39 is 35.2 Å². The second-order valence-electron chi connectivity index (χ2n) is 9.96. The summed E-state index contributed by atoms with van der Waals surface area (Å²) in [4.78, 5) is 65.4. The van der Waals surface area contributed by atoms with Crippen LogP contribution in [0.5, 0.6) is 0 Å². The van der Waals surface area contributed by atoms with Gasteiger partial charge in [0, 0.05) is 11.9 Å². The first-order valence-electron chi connectivity index (χ1n) is 12.6. The van der Waals surface area contributed by atoms with Gasteiger partial charge in [0.15, 0.2) is 11.5 Å². The van der Waals surface area contributed by atoms with E-state index in [9.17, 15) is 24.0 Å². The van der Waals surface area contributed by atoms with Gasteiger partial charge in [-0.15, -0.1) is 0 Å². The van der Waals surface area contributed by atoms with Crippen LogP contribution in [0.4, 0.5) is 0 Å². The summed E-state index contributed by atoms with van der Waals surface area (Å²) >= 11 is 0. The fraction of sp³-hybridized carbons (Fsp3) is 0.321. The van der Waals surface area contributed by atoms with Crippen molar-refractivity contribution < 1.29 is 18.8 Å². The topological polar surface area (TPSA) is 132 Å². The van der Waals surface area contributed by atoms with E-state index in [4.69, 9.17) is 4.42 Å². The standard InChI is InChI=1S/C28H28N4O6/c1-16(2)13-21(30-26(35)24-14-17-7-3-6-10-23(17)38-24)25(34)29-20-11-12-31-27(36)18-8-4-5-9-19(18)28(37)32(31)15-22(20)33/h3-10,14,16,20-21H,11-13,15H2,1-2H3,(H,29,34)(H,30,35). The van der Waals surface area contributed by atoms with Gasteiger partial charge in [-0.3, -0.25) is 24.0 Å². The Morgan fingerprint density at radius 1 is 0.974 bits per heavy atom. The normalized spacial score (nSPS) is 16.3. The second-order valence-corrected chi connectivity index (χ2v) is 9.96. The van der Waals surface area contributed by atoms with Gasteiger partial charge in [-0.2, -0.15) is 0 Å². The number of nitrogens with zero attached hydrogens (tertiary/aromatic N) is 2. The zero-order valence-corrected chi connectivity index (χ0v) is 21.1. The molecule has 0 aliphatic carbocycles. The van der Waals surface area contributed by atoms with E-state index in [1.165, 1.54) is 4.68 Å². The number of ketones is 1. The molecule has 38 heavy (non-hydrogen) atoms. The first-order valence-corrected chi connectivity index (χ1v) is 12.6. The Hall–Kier alpha value is -4.47. The summed E-state index contributed by atoms with van der Waals surface area (Å²) in [7, 11) is 0. The zero-order chi connectivity index (χ0) is 27.0. The van der Waals surface area contributed by atoms with Crippen molar-refractivity contribution in [1.82, 2.24) is 20.0 Å². The number of para-hydroxylation sites is 1. The molecule has 10 nitrogen and oxygen atoms in total. The number of hydrogen-bond donors (Lipinski definition) is 2. The summed E-state index contributed by atoms with van der Waals surface area (Å²) in [5.41, 5.74) is -0.239. The third-order valence-electron chi connectivity index (χ3n) is 6.77. The number of furan rings is 1. The summed E-state index contributed by atoms with van der Waals surface area (Å²) in [6, 6.07) is 13.5. The van der Waals surface area contributed by atoms with Gasteiger partial charge in [-0.1, -0.05) is 44.2 Å². The van der Waals surface area contributed by atoms with Crippen LogP contribution >= 0.6 is 0 Å². The van der Waals surface area contributed by atoms with E-state index in [1.54, 1.807) is 42.5 Å². The van der Waals surface area contributed by atoms with Crippen LogP contribution in [0.3, 0.4) is 0 Å². The second kappa shape index (κ2) is 10.1. The summed E-state index contributed by atoms with van der Waals surface area (Å²) < 4.78 is 8.04. The summed E-state index contributed by atoms with van der Waals surface area (Å²) in [6.45, 7) is 3.58. The summed E-state index contributed by atoms with van der Waals surface area (Å²) in [5.74, 6) is -1.29. The molecule has 10 heteroatoms. The summed E-state index contributed by atoms with van der Waals surface area (Å²) in [6.07, 6.45) is 0.470. The van der Waals surface area contributed by atoms with Crippen LogP contribution in [0.2, 0.25) is 0 Å². The molecule has 2 unspecified atom stereocenters. The van der Waals surface area contributed by atoms with Crippen molar-refractivity contribution >= 4 is 39.3 Å². The van der Waals surface area contributed by atoms with E-state index in [0.29, 0.717) is 12.0 Å². The van der Waals surface area contributed by atoms with Crippen LogP contribution < -0.4 is 21.8 Å². The highest BCUT2D eigenvalue weighted by molar-refractivity contribution is 5.99. The van der Waals surface area contributed by atoms with Crippen molar-refractivity contribution in [3.05, 3.63) is 81.1 Å². The Morgan fingerprint density at radius 3 is 2.32 bits per heavy atom. The fourth-order valence-corrected chi connectivity index (χ4v) is 4.85. The average Bonchev–Trinajstić information content (AvgIpc) is 3.27. The first-order chi connectivity index (χ1) is 18.2. The Morgan fingerprint density at radius 2 is 1.63 bits per heavy atom. The fourth-order valence-electron chi connectivity index (χ4n) is 4.85. The van der Waals surface area contributed by atoms with Crippen LogP contribution in [0.1, 0.15) is 37.2 Å². The molecule has 196 valence electrons. The molecular formula is C28H28N4O6. The van der Waals surface area contributed by atoms with Gasteiger partial charge in [-0.05, 0) is 43.0 Å². The molecule has 5 rings (SSSR count). The first kappa shape index (κ1) is 25.2. The molecule has 4 aromatic rings. The molecule has 2 aromatic carbocycles. The van der Waals surface area contributed by atoms with Crippen LogP contribution in [-0.2, 0) is 22.7 Å². The van der Waals surface area contributed by atoms with Crippen LogP contribution in [0.15, 0.2) is 68.6 Å². The number of amides is 2. The maximum Gasteiger partial charge on any atom is 0.287 e. The van der Waals surface area contributed by atoms with Crippen molar-refractivity contribution in [3.63, 3.8) is 0 Å². The van der Waals surface area contributed by atoms with E-state index in [0.717, 1.165) is 10.1 Å². The number of hydrogen-bond acceptors (Lipinski definition) is 6. The predicted octanol–water partition coefficient (Wildman–Crippen LogP) is 2.21. The molecule has 0 saturated carbocycles. The van der Waals surface area contributed by atoms with Crippen molar-refractivity contribution in [1.29, 1.82) is 0 Å². The minimum Gasteiger partial charge on any atom is -0.451 e. The molecule has 0 fully saturated rings. The SMILES string of the molecule is CC(C)CC(NC(=O)c1cc2ccccc2o1)C(=O)NC1CCn2c(=O)c3ccccc3c(=O)n2CC1=O. The summed E-state index contributed by atoms with van der Waals surface area (Å²) in [5, 5.41) is 6.78. The van der Waals surface area contributed by atoms with Crippen molar-refractivity contribution in [2.75, 3.05) is 0 Å². The van der Waals surface area contributed by atoms with Gasteiger partial charge < -0.3 is 15.1 Å². The third-order valence-corrected chi connectivity index (χ3v) is 6.77. The molecule has 2 atom stereocenters. The number of rotatable bonds is 6. The largest absolute Gasteiger partial charge is 0.451 e. The van der Waals surface area contributed by atoms with Crippen LogP contribution in [0.25, 0.3) is 21.7 Å². The quantitative estimate of drug-likeness (QED) is 0.404. The highest BCUT2D eigenvalue weighted by atomic mass is 16.3. The Labute approximate surface area is 217 Å². The molecule has 2 N–H and O–H groups in total. The monoisotopic (exact) mass is 516 g/mol. The van der Waals surface area contributed by atoms with Crippen LogP contribution in [-0.4, -0.2) is 39.0 Å². The Kier molecular flexibility index (Phi) is 6.71. The number of Topliss-reactive ketones (excluding diaryl/α,β-unsaturated/α-hetero) is 1. The minimum atomic E-state index is -0.922. The van der Waals surface area contributed by atoms with Gasteiger partial charge in [-0.25, -0.2) is 9.36 Å². The average molecular weight is 517 g/mol. The number of carbonyl (C=O) groups is 3. The third kappa shape index (κ3) is 4.77. The molecule has 2 aromatic heterocycles. The van der Waals surface area contributed by atoms with Gasteiger partial charge in [0.1, 0.15) is 18.2 Å². The lowest BCUT2D eigenvalue weighted by atomic mass is 10.0. The van der Waals surface area contributed by atoms with E-state index in [2.05, 4.69) is 10.6 Å². The molecule has 1 aliphatic heterocycles. The highest BCUT2D eigenvalue weighted by Gasteiger charge is 2.31. The van der Waals surface area contributed by atoms with E-state index in [-0.39, 0.29) is 47.5 Å². The lowest BCUT2D eigenvalue weighted by Gasteiger charge is -2.22. The molecule has 0 bridgehead atoms. The van der Waals surface area contributed by atoms with Crippen molar-refractivity contribution in [2.45, 2.75) is 51.9 Å². The van der Waals surface area contributed by atoms with Crippen molar-refractivity contribution in [2.24, 2.45) is 5.92 Å². The molecular weight excluding hydrogens is 488 g/mol. The predicted molar refractivity (Wildman–Crippen MR) is 141 cm³/mol. The Bertz CT molecular complexity index is 1650. The van der Waals surface area contributed by atoms with Gasteiger partial charge >= 0.3 is 0 Å². The Balaban J connectivity index is 1.35. The zero-order valence-electron chi connectivity index (χ0n) is 21.1. The molecule has 2 amide bonds. The van der Waals surface area contributed by atoms with Crippen molar-refractivity contribution in [3.8, 4) is 0 Å². The molecule has 0 saturated heterocycles. The smallest absolute Gasteiger partial charge is 0.287 e. The lowest BCUT2D eigenvalue weighted by Crippen LogP contribution is -2.52. The number of aromatic nitrogens is 2. The maximum atomic E-state index is 13.3. The van der Waals surface area contributed by atoms with Crippen LogP contribution in [0, 0.1) is 5.92 Å². The number of fused-ring (bicyclic) bond motifs is 3. The number of benzene rings is 2. The number of carbonyl (C=O) groups excluding carboxylic acids is 3. The lowest BCUT2D eigenvalue weighted by molar-refractivity contribution is -0.129. The molecule has 0 radical (unpaired) electrons. The molecule has 1 aliphatic rings. The molecule has 3 heterocycles. The molecule has 0 spiro atoms. The highest BCUT2D eigenvalue weighted by Crippen LogP contribution is 2.19. The van der Waals surface area contributed by atoms with Gasteiger partial charge in [0.05, 0.1) is 16.8 Å². The van der Waals surface area contributed by atoms with E-state index in [1.807, 2.05) is 26.0 Å². The van der Waals surface area contributed by atoms with Gasteiger partial charge in [0.2, 0.25) is 5.91 Å². The van der Waals surface area contributed by atoms with E-state index >= 15 is 0 Å². The minimum absolute atomic E-state index is 0.0698. The number of nitrogens with one attached hydrogen (secondary N) is 2.